The van der Waals surface area contributed by atoms with Gasteiger partial charge in [-0.15, -0.1) is 0 Å². The largest absolute Gasteiger partial charge is 0.493 e. The Labute approximate surface area is 277 Å². The maximum absolute atomic E-state index is 13.5. The van der Waals surface area contributed by atoms with E-state index in [4.69, 9.17) is 55.9 Å². The number of sulfonamides is 1. The first-order valence-corrected chi connectivity index (χ1v) is 16.0. The Kier molecular flexibility index (Phi) is 11.2. The number of carbonyl (C=O) groups is 1. The number of anilines is 1. The third-order valence-electron chi connectivity index (χ3n) is 5.86. The van der Waals surface area contributed by atoms with Gasteiger partial charge in [-0.3, -0.25) is 9.10 Å². The van der Waals surface area contributed by atoms with Gasteiger partial charge in [0.15, 0.2) is 11.5 Å². The van der Waals surface area contributed by atoms with Gasteiger partial charge in [0.2, 0.25) is 0 Å². The summed E-state index contributed by atoms with van der Waals surface area (Å²) in [6.07, 6.45) is 1.37. The predicted octanol–water partition coefficient (Wildman–Crippen LogP) is 8.00. The van der Waals surface area contributed by atoms with Gasteiger partial charge >= 0.3 is 0 Å². The SMILES string of the molecule is COc1cc(/C=N\NC(=O)CN(c2cccc(Cl)c2Cl)S(=O)(=O)c2ccccc2)cc(Br)c1OCc1ccc(Cl)cc1Cl. The van der Waals surface area contributed by atoms with Crippen LogP contribution in [-0.4, -0.2) is 34.2 Å². The molecule has 0 aliphatic carbocycles. The maximum atomic E-state index is 13.5. The molecule has 1 amide bonds. The number of rotatable bonds is 11. The van der Waals surface area contributed by atoms with Crippen molar-refractivity contribution in [3.63, 3.8) is 0 Å². The number of ether oxygens (including phenoxy) is 2. The monoisotopic (exact) mass is 743 g/mol. The van der Waals surface area contributed by atoms with Crippen LogP contribution in [0.2, 0.25) is 20.1 Å². The molecule has 0 aromatic heterocycles. The van der Waals surface area contributed by atoms with Gasteiger partial charge in [-0.1, -0.05) is 76.7 Å². The van der Waals surface area contributed by atoms with Gasteiger partial charge < -0.3 is 9.47 Å². The van der Waals surface area contributed by atoms with Gasteiger partial charge in [-0.25, -0.2) is 13.8 Å². The summed E-state index contributed by atoms with van der Waals surface area (Å²) >= 11 is 28.2. The summed E-state index contributed by atoms with van der Waals surface area (Å²) in [5, 5.41) is 5.09. The molecule has 0 heterocycles. The zero-order chi connectivity index (χ0) is 31.1. The van der Waals surface area contributed by atoms with Gasteiger partial charge in [0.25, 0.3) is 15.9 Å². The van der Waals surface area contributed by atoms with Crippen LogP contribution in [0.25, 0.3) is 0 Å². The molecule has 0 bridgehead atoms. The number of halogens is 5. The first kappa shape index (κ1) is 32.9. The van der Waals surface area contributed by atoms with Crippen LogP contribution in [0.1, 0.15) is 11.1 Å². The second-order valence-electron chi connectivity index (χ2n) is 8.75. The number of benzene rings is 4. The van der Waals surface area contributed by atoms with Crippen molar-refractivity contribution in [3.8, 4) is 11.5 Å². The number of nitrogens with zero attached hydrogens (tertiary/aromatic N) is 2. The summed E-state index contributed by atoms with van der Waals surface area (Å²) in [6, 6.07) is 20.6. The molecule has 4 rings (SSSR count). The first-order chi connectivity index (χ1) is 20.5. The van der Waals surface area contributed by atoms with Crippen molar-refractivity contribution in [1.82, 2.24) is 5.43 Å². The van der Waals surface area contributed by atoms with Crippen LogP contribution in [0.3, 0.4) is 0 Å². The summed E-state index contributed by atoms with van der Waals surface area (Å²) in [4.78, 5) is 12.9. The fourth-order valence-electron chi connectivity index (χ4n) is 3.79. The van der Waals surface area contributed by atoms with Gasteiger partial charge in [-0.05, 0) is 70.0 Å². The van der Waals surface area contributed by atoms with Crippen molar-refractivity contribution in [2.24, 2.45) is 5.10 Å². The van der Waals surface area contributed by atoms with Gasteiger partial charge in [-0.2, -0.15) is 5.10 Å². The Morgan fingerprint density at radius 3 is 2.42 bits per heavy atom. The Morgan fingerprint density at radius 2 is 1.72 bits per heavy atom. The highest BCUT2D eigenvalue weighted by atomic mass is 79.9. The number of hydrogen-bond donors (Lipinski definition) is 1. The van der Waals surface area contributed by atoms with E-state index in [2.05, 4.69) is 26.5 Å². The average Bonchev–Trinajstić information content (AvgIpc) is 2.98. The fourth-order valence-corrected chi connectivity index (χ4v) is 6.73. The van der Waals surface area contributed by atoms with E-state index in [9.17, 15) is 13.2 Å². The van der Waals surface area contributed by atoms with Crippen LogP contribution in [0, 0.1) is 0 Å². The minimum Gasteiger partial charge on any atom is -0.493 e. The van der Waals surface area contributed by atoms with Gasteiger partial charge in [0.1, 0.15) is 13.2 Å². The number of hydrazone groups is 1. The molecule has 0 spiro atoms. The van der Waals surface area contributed by atoms with E-state index in [1.165, 1.54) is 43.7 Å². The molecule has 0 saturated heterocycles. The zero-order valence-electron chi connectivity index (χ0n) is 22.2. The summed E-state index contributed by atoms with van der Waals surface area (Å²) < 4.78 is 39.9. The van der Waals surface area contributed by atoms with Crippen LogP contribution < -0.4 is 19.2 Å². The molecule has 14 heteroatoms. The molecule has 0 fully saturated rings. The van der Waals surface area contributed by atoms with Crippen LogP contribution in [-0.2, 0) is 21.4 Å². The van der Waals surface area contributed by atoms with Crippen LogP contribution in [0.15, 0.2) is 93.3 Å². The normalized spacial score (nSPS) is 11.4. The van der Waals surface area contributed by atoms with Crippen molar-refractivity contribution in [2.75, 3.05) is 18.0 Å². The molecule has 43 heavy (non-hydrogen) atoms. The summed E-state index contributed by atoms with van der Waals surface area (Å²) in [5.41, 5.74) is 3.68. The lowest BCUT2D eigenvalue weighted by Crippen LogP contribution is -2.39. The second-order valence-corrected chi connectivity index (χ2v) is 13.1. The lowest BCUT2D eigenvalue weighted by Gasteiger charge is -2.24. The Morgan fingerprint density at radius 1 is 0.977 bits per heavy atom. The highest BCUT2D eigenvalue weighted by Crippen LogP contribution is 2.38. The fraction of sp³-hybridized carbons (Fsp3) is 0.103. The molecule has 4 aromatic rings. The zero-order valence-corrected chi connectivity index (χ0v) is 27.7. The summed E-state index contributed by atoms with van der Waals surface area (Å²) in [6.45, 7) is -0.463. The van der Waals surface area contributed by atoms with Crippen LogP contribution >= 0.6 is 62.3 Å². The van der Waals surface area contributed by atoms with E-state index in [-0.39, 0.29) is 27.2 Å². The lowest BCUT2D eigenvalue weighted by molar-refractivity contribution is -0.119. The van der Waals surface area contributed by atoms with E-state index in [0.717, 1.165) is 9.87 Å². The molecule has 0 aliphatic heterocycles. The Balaban J connectivity index is 1.51. The van der Waals surface area contributed by atoms with E-state index >= 15 is 0 Å². The lowest BCUT2D eigenvalue weighted by atomic mass is 10.2. The predicted molar refractivity (Wildman–Crippen MR) is 175 cm³/mol. The van der Waals surface area contributed by atoms with Crippen molar-refractivity contribution < 1.29 is 22.7 Å². The third kappa shape index (κ3) is 8.14. The van der Waals surface area contributed by atoms with Gasteiger partial charge in [0.05, 0.1) is 38.4 Å². The second kappa shape index (κ2) is 14.7. The highest BCUT2D eigenvalue weighted by molar-refractivity contribution is 9.10. The highest BCUT2D eigenvalue weighted by Gasteiger charge is 2.29. The molecule has 4 aromatic carbocycles. The molecule has 0 radical (unpaired) electrons. The average molecular weight is 746 g/mol. The summed E-state index contributed by atoms with van der Waals surface area (Å²) in [5.74, 6) is 0.0930. The molecular formula is C29H22BrCl4N3O5S. The summed E-state index contributed by atoms with van der Waals surface area (Å²) in [7, 11) is -2.71. The molecule has 0 saturated carbocycles. The smallest absolute Gasteiger partial charge is 0.264 e. The van der Waals surface area contributed by atoms with E-state index in [1.54, 1.807) is 48.5 Å². The quantitative estimate of drug-likeness (QED) is 0.124. The minimum absolute atomic E-state index is 0.0161. The number of carbonyl (C=O) groups excluding carboxylic acids is 1. The molecule has 0 aliphatic rings. The number of nitrogens with one attached hydrogen (secondary N) is 1. The Bertz CT molecular complexity index is 1780. The standard InChI is InChI=1S/C29H22BrCl4N3O5S/c1-41-26-13-18(12-22(30)29(26)42-17-19-10-11-20(31)14-24(19)33)15-35-36-27(38)16-37(25-9-5-8-23(32)28(25)34)43(39,40)21-6-3-2-4-7-21/h2-15H,16-17H2,1H3,(H,36,38)/b35-15-. The molecule has 1 N–H and O–H groups in total. The molecule has 8 nitrogen and oxygen atoms in total. The third-order valence-corrected chi connectivity index (χ3v) is 9.62. The molecule has 224 valence electrons. The topological polar surface area (TPSA) is 97.3 Å². The Hall–Kier alpha value is -2.99. The minimum atomic E-state index is -4.19. The first-order valence-electron chi connectivity index (χ1n) is 12.3. The van der Waals surface area contributed by atoms with Crippen molar-refractivity contribution in [3.05, 3.63) is 115 Å². The molecule has 0 unspecified atom stereocenters. The maximum Gasteiger partial charge on any atom is 0.264 e. The number of amides is 1. The van der Waals surface area contributed by atoms with E-state index < -0.39 is 22.5 Å². The van der Waals surface area contributed by atoms with Crippen molar-refractivity contribution in [2.45, 2.75) is 11.5 Å². The van der Waals surface area contributed by atoms with Crippen molar-refractivity contribution >= 4 is 90.2 Å². The van der Waals surface area contributed by atoms with Crippen molar-refractivity contribution in [1.29, 1.82) is 0 Å². The number of methoxy groups -OCH3 is 1. The van der Waals surface area contributed by atoms with Crippen LogP contribution in [0.5, 0.6) is 11.5 Å². The molecular weight excluding hydrogens is 724 g/mol. The van der Waals surface area contributed by atoms with Gasteiger partial charge in [0, 0.05) is 15.6 Å². The molecule has 0 atom stereocenters. The van der Waals surface area contributed by atoms with E-state index in [1.807, 2.05) is 0 Å². The van der Waals surface area contributed by atoms with E-state index in [0.29, 0.717) is 31.6 Å². The number of hydrogen-bond acceptors (Lipinski definition) is 6. The van der Waals surface area contributed by atoms with Crippen LogP contribution in [0.4, 0.5) is 5.69 Å².